The zero-order valence-corrected chi connectivity index (χ0v) is 27.1. The number of likely N-dealkylation sites (tertiary alicyclic amines) is 1. The Kier molecular flexibility index (Phi) is 9.97. The molecule has 2 amide bonds. The van der Waals surface area contributed by atoms with Crippen LogP contribution in [0.25, 0.3) is 0 Å². The van der Waals surface area contributed by atoms with Gasteiger partial charge in [-0.3, -0.25) is 19.4 Å². The Labute approximate surface area is 274 Å². The van der Waals surface area contributed by atoms with Gasteiger partial charge in [-0.25, -0.2) is 0 Å². The quantitative estimate of drug-likeness (QED) is 0.258. The third kappa shape index (κ3) is 6.88. The molecule has 1 N–H and O–H groups in total. The summed E-state index contributed by atoms with van der Waals surface area (Å²) in [6.45, 7) is 4.04. The molecule has 0 aliphatic carbocycles. The number of fused-ring (bicyclic) bond motifs is 1. The van der Waals surface area contributed by atoms with E-state index >= 15 is 4.79 Å². The smallest absolute Gasteiger partial charge is 0.418 e. The number of ether oxygens (including phenoxy) is 1. The van der Waals surface area contributed by atoms with Crippen LogP contribution in [0.3, 0.4) is 0 Å². The standard InChI is InChI=1S/C33H35ClF3N3O5S/c1-3-6-27-32(45-25-15-20(2)46-19-25,12-5-14-39(27)30(43)29-26(33(35,36)37)7-4-13-38-29)31(44)40-18-21-8-9-23(34)16-22(21)17-24(40)10-11-28(41)42/h4,7-9,13,15-16,19,24,27H,3,5-6,10-12,14,17-18H2,1-2H3,(H,41,42)/t24-,27+,32-/m0/s1. The lowest BCUT2D eigenvalue weighted by molar-refractivity contribution is -0.163. The predicted octanol–water partition coefficient (Wildman–Crippen LogP) is 7.16. The van der Waals surface area contributed by atoms with Gasteiger partial charge in [-0.15, -0.1) is 11.3 Å². The monoisotopic (exact) mass is 677 g/mol. The number of rotatable bonds is 9. The topological polar surface area (TPSA) is 100 Å². The van der Waals surface area contributed by atoms with E-state index in [0.717, 1.165) is 34.3 Å². The molecule has 0 saturated carbocycles. The van der Waals surface area contributed by atoms with Crippen molar-refractivity contribution in [1.82, 2.24) is 14.8 Å². The second-order valence-electron chi connectivity index (χ2n) is 11.8. The fourth-order valence-corrected chi connectivity index (χ4v) is 7.47. The highest BCUT2D eigenvalue weighted by molar-refractivity contribution is 7.10. The van der Waals surface area contributed by atoms with Crippen molar-refractivity contribution in [2.45, 2.75) is 89.2 Å². The molecule has 0 bridgehead atoms. The van der Waals surface area contributed by atoms with Crippen molar-refractivity contribution in [3.63, 3.8) is 0 Å². The van der Waals surface area contributed by atoms with Gasteiger partial charge in [0.15, 0.2) is 0 Å². The maximum atomic E-state index is 15.1. The summed E-state index contributed by atoms with van der Waals surface area (Å²) < 4.78 is 48.7. The van der Waals surface area contributed by atoms with Crippen LogP contribution >= 0.6 is 22.9 Å². The van der Waals surface area contributed by atoms with Gasteiger partial charge in [-0.1, -0.05) is 31.0 Å². The van der Waals surface area contributed by atoms with E-state index in [1.165, 1.54) is 16.2 Å². The summed E-state index contributed by atoms with van der Waals surface area (Å²) in [5.74, 6) is -1.93. The number of hydrogen-bond acceptors (Lipinski definition) is 6. The van der Waals surface area contributed by atoms with E-state index in [1.807, 2.05) is 26.0 Å². The van der Waals surface area contributed by atoms with Crippen molar-refractivity contribution in [3.8, 4) is 5.75 Å². The Morgan fingerprint density at radius 2 is 1.93 bits per heavy atom. The van der Waals surface area contributed by atoms with E-state index in [1.54, 1.807) is 22.4 Å². The minimum atomic E-state index is -4.81. The van der Waals surface area contributed by atoms with Gasteiger partial charge < -0.3 is 19.6 Å². The molecule has 246 valence electrons. The fraction of sp³-hybridized carbons (Fsp3) is 0.455. The number of carbonyl (C=O) groups excluding carboxylic acids is 2. The average molecular weight is 678 g/mol. The van der Waals surface area contributed by atoms with E-state index < -0.39 is 52.9 Å². The van der Waals surface area contributed by atoms with Crippen molar-refractivity contribution in [3.05, 3.63) is 80.3 Å². The summed E-state index contributed by atoms with van der Waals surface area (Å²) in [6.07, 6.45) is -2.03. The van der Waals surface area contributed by atoms with Gasteiger partial charge >= 0.3 is 12.1 Å². The summed E-state index contributed by atoms with van der Waals surface area (Å²) in [7, 11) is 0. The Morgan fingerprint density at radius 3 is 2.61 bits per heavy atom. The number of carboxylic acid groups (broad SMARTS) is 1. The molecule has 3 atom stereocenters. The molecule has 1 fully saturated rings. The Balaban J connectivity index is 1.62. The van der Waals surface area contributed by atoms with Crippen molar-refractivity contribution >= 4 is 40.7 Å². The lowest BCUT2D eigenvalue weighted by Gasteiger charge is -2.51. The minimum Gasteiger partial charge on any atom is -0.481 e. The fourth-order valence-electron chi connectivity index (χ4n) is 6.67. The number of halogens is 4. The molecule has 4 heterocycles. The maximum absolute atomic E-state index is 15.1. The van der Waals surface area contributed by atoms with Gasteiger partial charge in [0.25, 0.3) is 11.8 Å². The molecule has 2 aliphatic rings. The van der Waals surface area contributed by atoms with Crippen LogP contribution in [0.2, 0.25) is 5.02 Å². The normalized spacial score (nSPS) is 21.5. The van der Waals surface area contributed by atoms with Crippen LogP contribution in [0.5, 0.6) is 5.75 Å². The largest absolute Gasteiger partial charge is 0.481 e. The summed E-state index contributed by atoms with van der Waals surface area (Å²) in [5.41, 5.74) is -1.77. The van der Waals surface area contributed by atoms with Crippen LogP contribution in [0.1, 0.15) is 77.5 Å². The van der Waals surface area contributed by atoms with Crippen LogP contribution in [-0.4, -0.2) is 61.9 Å². The number of nitrogens with zero attached hydrogens (tertiary/aromatic N) is 3. The second kappa shape index (κ2) is 13.6. The molecular weight excluding hydrogens is 643 g/mol. The van der Waals surface area contributed by atoms with Crippen LogP contribution in [0.15, 0.2) is 48.0 Å². The zero-order valence-electron chi connectivity index (χ0n) is 25.5. The minimum absolute atomic E-state index is 0.113. The first-order valence-corrected chi connectivity index (χ1v) is 16.5. The van der Waals surface area contributed by atoms with E-state index in [4.69, 9.17) is 16.3 Å². The van der Waals surface area contributed by atoms with Gasteiger partial charge in [0.1, 0.15) is 11.4 Å². The molecule has 1 saturated heterocycles. The Bertz CT molecular complexity index is 1620. The molecule has 46 heavy (non-hydrogen) atoms. The first-order valence-electron chi connectivity index (χ1n) is 15.2. The highest BCUT2D eigenvalue weighted by atomic mass is 35.5. The van der Waals surface area contributed by atoms with Gasteiger partial charge in [-0.2, -0.15) is 13.2 Å². The number of piperidine rings is 1. The number of alkyl halides is 3. The highest BCUT2D eigenvalue weighted by Gasteiger charge is 2.56. The number of benzene rings is 1. The number of thiophene rings is 1. The molecule has 13 heteroatoms. The maximum Gasteiger partial charge on any atom is 0.418 e. The van der Waals surface area contributed by atoms with Crippen molar-refractivity contribution in [2.75, 3.05) is 6.54 Å². The van der Waals surface area contributed by atoms with E-state index in [0.29, 0.717) is 23.6 Å². The number of amides is 2. The summed E-state index contributed by atoms with van der Waals surface area (Å²) in [5, 5.41) is 11.8. The van der Waals surface area contributed by atoms with Crippen molar-refractivity contribution in [2.24, 2.45) is 0 Å². The third-order valence-corrected chi connectivity index (χ3v) is 9.80. The third-order valence-electron chi connectivity index (χ3n) is 8.73. The summed E-state index contributed by atoms with van der Waals surface area (Å²) in [4.78, 5) is 48.6. The average Bonchev–Trinajstić information content (AvgIpc) is 3.43. The number of aryl methyl sites for hydroxylation is 1. The first-order chi connectivity index (χ1) is 21.8. The molecule has 2 aromatic heterocycles. The molecule has 8 nitrogen and oxygen atoms in total. The highest BCUT2D eigenvalue weighted by Crippen LogP contribution is 2.42. The SMILES string of the molecule is CCC[C@H]1N(C(=O)c2ncccc2C(F)(F)F)CCC[C@@]1(Oc1csc(C)c1)C(=O)N1Cc2ccc(Cl)cc2C[C@@H]1CCC(=O)O. The van der Waals surface area contributed by atoms with Crippen molar-refractivity contribution in [1.29, 1.82) is 0 Å². The lowest BCUT2D eigenvalue weighted by atomic mass is 9.78. The van der Waals surface area contributed by atoms with Gasteiger partial charge in [0, 0.05) is 53.4 Å². The van der Waals surface area contributed by atoms with E-state index in [9.17, 15) is 27.9 Å². The van der Waals surface area contributed by atoms with Crippen LogP contribution in [0, 0.1) is 6.92 Å². The number of pyridine rings is 1. The molecule has 2 aliphatic heterocycles. The molecule has 5 rings (SSSR count). The van der Waals surface area contributed by atoms with Crippen molar-refractivity contribution < 1.29 is 37.4 Å². The van der Waals surface area contributed by atoms with Crippen LogP contribution in [0.4, 0.5) is 13.2 Å². The molecule has 0 unspecified atom stereocenters. The number of aromatic nitrogens is 1. The molecule has 0 radical (unpaired) electrons. The van der Waals surface area contributed by atoms with Crippen LogP contribution < -0.4 is 4.74 Å². The molecule has 3 aromatic rings. The van der Waals surface area contributed by atoms with E-state index in [2.05, 4.69) is 4.98 Å². The van der Waals surface area contributed by atoms with Gasteiger partial charge in [0.2, 0.25) is 5.60 Å². The number of carboxylic acids is 1. The van der Waals surface area contributed by atoms with Crippen LogP contribution in [-0.2, 0) is 28.7 Å². The number of aliphatic carboxylic acids is 1. The summed E-state index contributed by atoms with van der Waals surface area (Å²) in [6, 6.07) is 7.69. The zero-order chi connectivity index (χ0) is 33.2. The number of carbonyl (C=O) groups is 3. The second-order valence-corrected chi connectivity index (χ2v) is 13.4. The predicted molar refractivity (Wildman–Crippen MR) is 167 cm³/mol. The molecular formula is C33H35ClF3N3O5S. The summed E-state index contributed by atoms with van der Waals surface area (Å²) >= 11 is 7.69. The Morgan fingerprint density at radius 1 is 1.15 bits per heavy atom. The first kappa shape index (κ1) is 33.7. The Hall–Kier alpha value is -3.64. The van der Waals surface area contributed by atoms with Gasteiger partial charge in [-0.05, 0) is 74.1 Å². The molecule has 0 spiro atoms. The lowest BCUT2D eigenvalue weighted by Crippen LogP contribution is -2.69. The number of hydrogen-bond donors (Lipinski definition) is 1. The van der Waals surface area contributed by atoms with Gasteiger partial charge in [0.05, 0.1) is 11.6 Å². The van der Waals surface area contributed by atoms with E-state index in [-0.39, 0.29) is 45.2 Å². The molecule has 1 aromatic carbocycles.